The van der Waals surface area contributed by atoms with Gasteiger partial charge in [-0.2, -0.15) is 0 Å². The number of carboxylic acid groups (broad SMARTS) is 1. The third kappa shape index (κ3) is 6.17. The van der Waals surface area contributed by atoms with Crippen molar-refractivity contribution in [3.8, 4) is 5.75 Å². The average Bonchev–Trinajstić information content (AvgIpc) is 2.85. The lowest BCUT2D eigenvalue weighted by Gasteiger charge is -2.31. The molecule has 34 heavy (non-hydrogen) atoms. The molecule has 3 aromatic rings. The molecular weight excluding hydrogens is 424 g/mol. The molecule has 3 aromatic carbocycles. The van der Waals surface area contributed by atoms with Gasteiger partial charge >= 0.3 is 5.97 Å². The normalized spacial score (nSPS) is 14.0. The Morgan fingerprint density at radius 3 is 2.53 bits per heavy atom. The van der Waals surface area contributed by atoms with Crippen LogP contribution in [0.25, 0.3) is 0 Å². The van der Waals surface area contributed by atoms with E-state index in [-0.39, 0.29) is 0 Å². The van der Waals surface area contributed by atoms with Crippen LogP contribution in [0.3, 0.4) is 0 Å². The largest absolute Gasteiger partial charge is 0.492 e. The van der Waals surface area contributed by atoms with Crippen LogP contribution in [0.1, 0.15) is 36.5 Å². The first-order chi connectivity index (χ1) is 16.6. The molecule has 0 aromatic heterocycles. The number of nitrogens with zero attached hydrogens (tertiary/aromatic N) is 2. The number of para-hydroxylation sites is 1. The number of aryl methyl sites for hydroxylation is 1. The molecule has 0 saturated heterocycles. The lowest BCUT2D eigenvalue weighted by atomic mass is 10.0. The van der Waals surface area contributed by atoms with Crippen LogP contribution in [0.5, 0.6) is 5.75 Å². The molecule has 178 valence electrons. The second-order valence-electron chi connectivity index (χ2n) is 8.87. The highest BCUT2D eigenvalue weighted by atomic mass is 16.5. The highest BCUT2D eigenvalue weighted by molar-refractivity contribution is 5.73. The van der Waals surface area contributed by atoms with E-state index in [9.17, 15) is 9.90 Å². The maximum Gasteiger partial charge on any atom is 0.320 e. The molecule has 5 heteroatoms. The van der Waals surface area contributed by atoms with E-state index >= 15 is 0 Å². The standard InChI is InChI=1S/C29H34N2O3/c1-2-27(29(32)33)31(21-23-10-4-3-5-11-23)22-24-12-8-15-26(20-24)34-19-18-30-17-9-14-25-13-6-7-16-28(25)30/h3-8,10-13,15-16,20,27H,2,9,14,17-19,21-22H2,1H3,(H,32,33). The number of anilines is 1. The summed E-state index contributed by atoms with van der Waals surface area (Å²) in [4.78, 5) is 16.4. The van der Waals surface area contributed by atoms with E-state index in [1.807, 2.05) is 66.4 Å². The maximum absolute atomic E-state index is 11.9. The summed E-state index contributed by atoms with van der Waals surface area (Å²) < 4.78 is 6.12. The number of hydrogen-bond donors (Lipinski definition) is 1. The van der Waals surface area contributed by atoms with Crippen molar-refractivity contribution in [1.29, 1.82) is 0 Å². The topological polar surface area (TPSA) is 53.0 Å². The van der Waals surface area contributed by atoms with Crippen LogP contribution in [-0.2, 0) is 24.3 Å². The fraction of sp³-hybridized carbons (Fsp3) is 0.345. The molecule has 1 aliphatic heterocycles. The minimum Gasteiger partial charge on any atom is -0.492 e. The summed E-state index contributed by atoms with van der Waals surface area (Å²) in [5.41, 5.74) is 4.90. The van der Waals surface area contributed by atoms with Gasteiger partial charge in [0.1, 0.15) is 18.4 Å². The quantitative estimate of drug-likeness (QED) is 0.418. The van der Waals surface area contributed by atoms with Gasteiger partial charge in [0.25, 0.3) is 0 Å². The third-order valence-corrected chi connectivity index (χ3v) is 6.46. The number of aliphatic carboxylic acids is 1. The lowest BCUT2D eigenvalue weighted by molar-refractivity contribution is -0.144. The number of benzene rings is 3. The van der Waals surface area contributed by atoms with E-state index in [1.165, 1.54) is 17.7 Å². The van der Waals surface area contributed by atoms with Crippen molar-refractivity contribution >= 4 is 11.7 Å². The zero-order chi connectivity index (χ0) is 23.8. The van der Waals surface area contributed by atoms with E-state index in [4.69, 9.17) is 4.74 Å². The van der Waals surface area contributed by atoms with Crippen LogP contribution in [0, 0.1) is 0 Å². The van der Waals surface area contributed by atoms with E-state index in [0.717, 1.165) is 36.4 Å². The second-order valence-corrected chi connectivity index (χ2v) is 8.87. The Balaban J connectivity index is 1.40. The van der Waals surface area contributed by atoms with Gasteiger partial charge in [-0.3, -0.25) is 9.69 Å². The molecule has 0 radical (unpaired) electrons. The van der Waals surface area contributed by atoms with Crippen molar-refractivity contribution in [2.24, 2.45) is 0 Å². The van der Waals surface area contributed by atoms with E-state index in [0.29, 0.717) is 26.1 Å². The zero-order valence-corrected chi connectivity index (χ0v) is 19.9. The van der Waals surface area contributed by atoms with E-state index < -0.39 is 12.0 Å². The maximum atomic E-state index is 11.9. The molecule has 1 N–H and O–H groups in total. The molecule has 0 saturated carbocycles. The van der Waals surface area contributed by atoms with Gasteiger partial charge in [0.15, 0.2) is 0 Å². The summed E-state index contributed by atoms with van der Waals surface area (Å²) in [6.07, 6.45) is 2.87. The molecule has 0 bridgehead atoms. The first-order valence-electron chi connectivity index (χ1n) is 12.2. The molecular formula is C29H34N2O3. The van der Waals surface area contributed by atoms with Crippen molar-refractivity contribution in [2.75, 3.05) is 24.6 Å². The Morgan fingerprint density at radius 1 is 1.00 bits per heavy atom. The summed E-state index contributed by atoms with van der Waals surface area (Å²) in [6.45, 7) is 5.58. The van der Waals surface area contributed by atoms with Crippen molar-refractivity contribution in [3.63, 3.8) is 0 Å². The monoisotopic (exact) mass is 458 g/mol. The van der Waals surface area contributed by atoms with Crippen LogP contribution in [0.4, 0.5) is 5.69 Å². The number of carboxylic acids is 1. The summed E-state index contributed by atoms with van der Waals surface area (Å²) in [5.74, 6) is 0.0403. The minimum absolute atomic E-state index is 0.538. The van der Waals surface area contributed by atoms with Gasteiger partial charge in [-0.15, -0.1) is 0 Å². The van der Waals surface area contributed by atoms with Gasteiger partial charge < -0.3 is 14.7 Å². The average molecular weight is 459 g/mol. The van der Waals surface area contributed by atoms with Crippen molar-refractivity contribution in [1.82, 2.24) is 4.90 Å². The minimum atomic E-state index is -0.785. The van der Waals surface area contributed by atoms with Gasteiger partial charge in [0.2, 0.25) is 0 Å². The predicted molar refractivity (Wildman–Crippen MR) is 136 cm³/mol. The number of hydrogen-bond acceptors (Lipinski definition) is 4. The first-order valence-corrected chi connectivity index (χ1v) is 12.2. The summed E-state index contributed by atoms with van der Waals surface area (Å²) in [7, 11) is 0. The van der Waals surface area contributed by atoms with Crippen molar-refractivity contribution in [3.05, 3.63) is 95.6 Å². The Hall–Kier alpha value is -3.31. The highest BCUT2D eigenvalue weighted by Crippen LogP contribution is 2.26. The van der Waals surface area contributed by atoms with Crippen LogP contribution in [-0.4, -0.2) is 41.7 Å². The molecule has 4 rings (SSSR count). The molecule has 1 unspecified atom stereocenters. The molecule has 0 amide bonds. The van der Waals surface area contributed by atoms with Gasteiger partial charge in [0.05, 0.1) is 6.54 Å². The molecule has 1 atom stereocenters. The fourth-order valence-electron chi connectivity index (χ4n) is 4.77. The second kappa shape index (κ2) is 11.7. The Morgan fingerprint density at radius 2 is 1.74 bits per heavy atom. The molecule has 1 heterocycles. The smallest absolute Gasteiger partial charge is 0.320 e. The fourth-order valence-corrected chi connectivity index (χ4v) is 4.77. The van der Waals surface area contributed by atoms with E-state index in [1.54, 1.807) is 0 Å². The van der Waals surface area contributed by atoms with Crippen LogP contribution >= 0.6 is 0 Å². The molecule has 1 aliphatic rings. The summed E-state index contributed by atoms with van der Waals surface area (Å²) >= 11 is 0. The molecule has 0 spiro atoms. The number of rotatable bonds is 11. The van der Waals surface area contributed by atoms with Gasteiger partial charge in [-0.1, -0.05) is 67.6 Å². The Bertz CT molecular complexity index is 1070. The third-order valence-electron chi connectivity index (χ3n) is 6.46. The van der Waals surface area contributed by atoms with Crippen molar-refractivity contribution in [2.45, 2.75) is 45.3 Å². The van der Waals surface area contributed by atoms with Crippen LogP contribution < -0.4 is 9.64 Å². The summed E-state index contributed by atoms with van der Waals surface area (Å²) in [6, 6.07) is 26.2. The number of carbonyl (C=O) groups is 1. The zero-order valence-electron chi connectivity index (χ0n) is 19.9. The SMILES string of the molecule is CCC(C(=O)O)N(Cc1ccccc1)Cc1cccc(OCCN2CCCc3ccccc32)c1. The van der Waals surface area contributed by atoms with Gasteiger partial charge in [-0.05, 0) is 54.2 Å². The summed E-state index contributed by atoms with van der Waals surface area (Å²) in [5, 5.41) is 9.79. The molecule has 0 aliphatic carbocycles. The highest BCUT2D eigenvalue weighted by Gasteiger charge is 2.24. The van der Waals surface area contributed by atoms with Gasteiger partial charge in [0, 0.05) is 25.3 Å². The number of fused-ring (bicyclic) bond motifs is 1. The van der Waals surface area contributed by atoms with E-state index in [2.05, 4.69) is 29.2 Å². The Labute approximate surface area is 202 Å². The first kappa shape index (κ1) is 23.8. The van der Waals surface area contributed by atoms with Crippen molar-refractivity contribution < 1.29 is 14.6 Å². The molecule has 5 nitrogen and oxygen atoms in total. The predicted octanol–water partition coefficient (Wildman–Crippen LogP) is 5.38. The van der Waals surface area contributed by atoms with Gasteiger partial charge in [-0.25, -0.2) is 0 Å². The Kier molecular flexibility index (Phi) is 8.21. The lowest BCUT2D eigenvalue weighted by Crippen LogP contribution is -2.39. The number of ether oxygens (including phenoxy) is 1. The van der Waals surface area contributed by atoms with Crippen LogP contribution in [0.2, 0.25) is 0 Å². The van der Waals surface area contributed by atoms with Crippen LogP contribution in [0.15, 0.2) is 78.9 Å². The molecule has 0 fully saturated rings.